The van der Waals surface area contributed by atoms with E-state index in [4.69, 9.17) is 5.73 Å². The van der Waals surface area contributed by atoms with Gasteiger partial charge in [0.25, 0.3) is 0 Å². The normalized spacial score (nSPS) is 13.3. The fourth-order valence-corrected chi connectivity index (χ4v) is 2.80. The van der Waals surface area contributed by atoms with Gasteiger partial charge < -0.3 is 11.1 Å². The van der Waals surface area contributed by atoms with Crippen LogP contribution in [0.3, 0.4) is 0 Å². The SMILES string of the molecule is CCN(CC)S(=O)(=O)CCNC(N)=NCC(C)C. The first kappa shape index (κ1) is 17.2. The number of hydrogen-bond acceptors (Lipinski definition) is 3. The molecule has 0 saturated heterocycles. The maximum atomic E-state index is 11.8. The molecule has 6 nitrogen and oxygen atoms in total. The molecule has 7 heteroatoms. The smallest absolute Gasteiger partial charge is 0.215 e. The Morgan fingerprint density at radius 3 is 2.33 bits per heavy atom. The summed E-state index contributed by atoms with van der Waals surface area (Å²) in [5.41, 5.74) is 5.62. The molecule has 0 aromatic heterocycles. The lowest BCUT2D eigenvalue weighted by atomic mass is 10.2. The second-order valence-corrected chi connectivity index (χ2v) is 6.54. The first-order chi connectivity index (χ1) is 8.33. The Hall–Kier alpha value is -0.820. The lowest BCUT2D eigenvalue weighted by Gasteiger charge is -2.18. The average molecular weight is 278 g/mol. The summed E-state index contributed by atoms with van der Waals surface area (Å²) in [5, 5.41) is 2.82. The number of hydrogen-bond donors (Lipinski definition) is 2. The Labute approximate surface area is 111 Å². The van der Waals surface area contributed by atoms with E-state index in [0.717, 1.165) is 0 Å². The summed E-state index contributed by atoms with van der Waals surface area (Å²) in [7, 11) is -3.19. The lowest BCUT2D eigenvalue weighted by molar-refractivity contribution is 0.445. The van der Waals surface area contributed by atoms with Crippen molar-refractivity contribution < 1.29 is 8.42 Å². The first-order valence-corrected chi connectivity index (χ1v) is 7.96. The monoisotopic (exact) mass is 278 g/mol. The van der Waals surface area contributed by atoms with Crippen molar-refractivity contribution in [1.29, 1.82) is 0 Å². The van der Waals surface area contributed by atoms with Gasteiger partial charge in [0.1, 0.15) is 0 Å². The maximum absolute atomic E-state index is 11.8. The summed E-state index contributed by atoms with van der Waals surface area (Å²) in [6.07, 6.45) is 0. The minimum atomic E-state index is -3.19. The fourth-order valence-electron chi connectivity index (χ4n) is 1.39. The van der Waals surface area contributed by atoms with Crippen LogP contribution in [0.2, 0.25) is 0 Å². The van der Waals surface area contributed by atoms with Crippen LogP contribution in [0.25, 0.3) is 0 Å². The molecule has 0 heterocycles. The minimum absolute atomic E-state index is 0.0343. The summed E-state index contributed by atoms with van der Waals surface area (Å²) in [6.45, 7) is 9.66. The van der Waals surface area contributed by atoms with Crippen LogP contribution in [0.4, 0.5) is 0 Å². The third-order valence-electron chi connectivity index (χ3n) is 2.39. The minimum Gasteiger partial charge on any atom is -0.370 e. The zero-order chi connectivity index (χ0) is 14.2. The summed E-state index contributed by atoms with van der Waals surface area (Å²) >= 11 is 0. The van der Waals surface area contributed by atoms with Gasteiger partial charge in [0.2, 0.25) is 10.0 Å². The highest BCUT2D eigenvalue weighted by Gasteiger charge is 2.17. The number of aliphatic imine (C=N–C) groups is 1. The molecule has 0 fully saturated rings. The second-order valence-electron chi connectivity index (χ2n) is 4.45. The lowest BCUT2D eigenvalue weighted by Crippen LogP contribution is -2.40. The Morgan fingerprint density at radius 2 is 1.89 bits per heavy atom. The molecule has 3 N–H and O–H groups in total. The van der Waals surface area contributed by atoms with Gasteiger partial charge in [0.15, 0.2) is 5.96 Å². The van der Waals surface area contributed by atoms with Crippen molar-refractivity contribution >= 4 is 16.0 Å². The van der Waals surface area contributed by atoms with Crippen LogP contribution >= 0.6 is 0 Å². The number of guanidine groups is 1. The van der Waals surface area contributed by atoms with Crippen LogP contribution in [0.5, 0.6) is 0 Å². The van der Waals surface area contributed by atoms with E-state index in [1.165, 1.54) is 4.31 Å². The van der Waals surface area contributed by atoms with E-state index in [1.807, 2.05) is 27.7 Å². The Kier molecular flexibility index (Phi) is 7.93. The van der Waals surface area contributed by atoms with E-state index in [0.29, 0.717) is 31.5 Å². The average Bonchev–Trinajstić information content (AvgIpc) is 2.27. The van der Waals surface area contributed by atoms with E-state index >= 15 is 0 Å². The van der Waals surface area contributed by atoms with Gasteiger partial charge in [-0.2, -0.15) is 0 Å². The topological polar surface area (TPSA) is 87.8 Å². The molecule has 0 saturated carbocycles. The number of nitrogens with two attached hydrogens (primary N) is 1. The van der Waals surface area contributed by atoms with Crippen molar-refractivity contribution in [2.75, 3.05) is 31.9 Å². The summed E-state index contributed by atoms with van der Waals surface area (Å²) in [4.78, 5) is 4.10. The largest absolute Gasteiger partial charge is 0.370 e. The van der Waals surface area contributed by atoms with Crippen molar-refractivity contribution in [2.24, 2.45) is 16.6 Å². The Bertz CT molecular complexity index is 348. The Balaban J connectivity index is 4.15. The van der Waals surface area contributed by atoms with Gasteiger partial charge in [-0.05, 0) is 5.92 Å². The summed E-state index contributed by atoms with van der Waals surface area (Å²) < 4.78 is 25.1. The molecule has 0 aromatic rings. The molecule has 0 aliphatic rings. The van der Waals surface area contributed by atoms with Gasteiger partial charge in [-0.1, -0.05) is 27.7 Å². The second kappa shape index (κ2) is 8.31. The van der Waals surface area contributed by atoms with Crippen LogP contribution in [0, 0.1) is 5.92 Å². The third kappa shape index (κ3) is 6.80. The molecule has 0 bridgehead atoms. The fraction of sp³-hybridized carbons (Fsp3) is 0.909. The van der Waals surface area contributed by atoms with E-state index in [2.05, 4.69) is 10.3 Å². The molecular formula is C11H26N4O2S. The molecule has 18 heavy (non-hydrogen) atoms. The molecule has 0 aliphatic heterocycles. The number of rotatable bonds is 8. The van der Waals surface area contributed by atoms with Gasteiger partial charge >= 0.3 is 0 Å². The van der Waals surface area contributed by atoms with Gasteiger partial charge in [-0.25, -0.2) is 12.7 Å². The predicted octanol–water partition coefficient (Wildman–Crippen LogP) is 0.218. The van der Waals surface area contributed by atoms with E-state index in [-0.39, 0.29) is 12.3 Å². The highest BCUT2D eigenvalue weighted by atomic mass is 32.2. The van der Waals surface area contributed by atoms with Crippen LogP contribution in [0.1, 0.15) is 27.7 Å². The summed E-state index contributed by atoms with van der Waals surface area (Å²) in [5.74, 6) is 0.773. The summed E-state index contributed by atoms with van der Waals surface area (Å²) in [6, 6.07) is 0. The van der Waals surface area contributed by atoms with Crippen LogP contribution in [-0.2, 0) is 10.0 Å². The zero-order valence-electron chi connectivity index (χ0n) is 11.8. The predicted molar refractivity (Wildman–Crippen MR) is 76.0 cm³/mol. The van der Waals surface area contributed by atoms with Crippen molar-refractivity contribution in [3.63, 3.8) is 0 Å². The quantitative estimate of drug-likeness (QED) is 0.491. The molecule has 0 aromatic carbocycles. The molecular weight excluding hydrogens is 252 g/mol. The van der Waals surface area contributed by atoms with Gasteiger partial charge in [0.05, 0.1) is 5.75 Å². The van der Waals surface area contributed by atoms with Crippen molar-refractivity contribution in [1.82, 2.24) is 9.62 Å². The first-order valence-electron chi connectivity index (χ1n) is 6.35. The van der Waals surface area contributed by atoms with Crippen LogP contribution in [-0.4, -0.2) is 50.6 Å². The van der Waals surface area contributed by atoms with Crippen LogP contribution < -0.4 is 11.1 Å². The maximum Gasteiger partial charge on any atom is 0.215 e. The van der Waals surface area contributed by atoms with Crippen LogP contribution in [0.15, 0.2) is 4.99 Å². The number of nitrogens with one attached hydrogen (secondary N) is 1. The van der Waals surface area contributed by atoms with E-state index < -0.39 is 10.0 Å². The standard InChI is InChI=1S/C11H26N4O2S/c1-5-15(6-2)18(16,17)8-7-13-11(12)14-9-10(3)4/h10H,5-9H2,1-4H3,(H3,12,13,14). The molecule has 108 valence electrons. The van der Waals surface area contributed by atoms with Gasteiger partial charge in [-0.15, -0.1) is 0 Å². The van der Waals surface area contributed by atoms with E-state index in [9.17, 15) is 8.42 Å². The van der Waals surface area contributed by atoms with Gasteiger partial charge in [-0.3, -0.25) is 4.99 Å². The molecule has 0 aliphatic carbocycles. The molecule has 0 spiro atoms. The molecule has 0 unspecified atom stereocenters. The van der Waals surface area contributed by atoms with Gasteiger partial charge in [0, 0.05) is 26.2 Å². The Morgan fingerprint density at radius 1 is 1.33 bits per heavy atom. The number of sulfonamides is 1. The third-order valence-corrected chi connectivity index (χ3v) is 4.41. The number of nitrogens with zero attached hydrogens (tertiary/aromatic N) is 2. The van der Waals surface area contributed by atoms with E-state index in [1.54, 1.807) is 0 Å². The molecule has 0 rings (SSSR count). The zero-order valence-corrected chi connectivity index (χ0v) is 12.6. The molecule has 0 amide bonds. The van der Waals surface area contributed by atoms with Crippen molar-refractivity contribution in [2.45, 2.75) is 27.7 Å². The molecule has 0 atom stereocenters. The van der Waals surface area contributed by atoms with Crippen molar-refractivity contribution in [3.8, 4) is 0 Å². The highest BCUT2D eigenvalue weighted by molar-refractivity contribution is 7.89. The highest BCUT2D eigenvalue weighted by Crippen LogP contribution is 1.99. The molecule has 0 radical (unpaired) electrons. The van der Waals surface area contributed by atoms with Crippen molar-refractivity contribution in [3.05, 3.63) is 0 Å².